The molecule has 2 N–H and O–H groups in total. The van der Waals surface area contributed by atoms with Gasteiger partial charge in [-0.1, -0.05) is 5.16 Å². The molecule has 9 heteroatoms. The predicted molar refractivity (Wildman–Crippen MR) is 124 cm³/mol. The number of piperazine rings is 1. The van der Waals surface area contributed by atoms with Crippen LogP contribution in [-0.4, -0.2) is 57.9 Å². The van der Waals surface area contributed by atoms with Crippen LogP contribution in [0.15, 0.2) is 40.9 Å². The van der Waals surface area contributed by atoms with Gasteiger partial charge in [0.15, 0.2) is 5.82 Å². The van der Waals surface area contributed by atoms with Crippen molar-refractivity contribution in [3.63, 3.8) is 0 Å². The maximum Gasteiger partial charge on any atom is 0.254 e. The number of amides is 1. The Kier molecular flexibility index (Phi) is 5.43. The van der Waals surface area contributed by atoms with Gasteiger partial charge in [-0.25, -0.2) is 4.98 Å². The minimum atomic E-state index is -0.316. The number of nitriles is 1. The normalized spacial score (nSPS) is 13.7. The van der Waals surface area contributed by atoms with Gasteiger partial charge < -0.3 is 19.7 Å². The summed E-state index contributed by atoms with van der Waals surface area (Å²) in [4.78, 5) is 35.4. The monoisotopic (exact) mass is 454 g/mol. The highest BCUT2D eigenvalue weighted by Crippen LogP contribution is 2.31. The number of fused-ring (bicyclic) bond motifs is 1. The van der Waals surface area contributed by atoms with Crippen molar-refractivity contribution in [2.75, 3.05) is 26.2 Å². The second kappa shape index (κ2) is 8.57. The molecule has 1 aliphatic rings. The van der Waals surface area contributed by atoms with Crippen LogP contribution in [0.2, 0.25) is 0 Å². The summed E-state index contributed by atoms with van der Waals surface area (Å²) < 4.78 is 5.25. The fourth-order valence-corrected chi connectivity index (χ4v) is 4.29. The molecule has 9 nitrogen and oxygen atoms in total. The maximum atomic E-state index is 13.3. The Labute approximate surface area is 195 Å². The third-order valence-corrected chi connectivity index (χ3v) is 6.05. The lowest BCUT2D eigenvalue weighted by molar-refractivity contribution is 0.0736. The molecule has 4 aromatic rings. The Morgan fingerprint density at radius 3 is 2.56 bits per heavy atom. The number of ketones is 1. The minimum Gasteiger partial charge on any atom is -0.361 e. The predicted octanol–water partition coefficient (Wildman–Crippen LogP) is 2.98. The van der Waals surface area contributed by atoms with E-state index in [9.17, 15) is 14.9 Å². The van der Waals surface area contributed by atoms with Crippen molar-refractivity contribution < 1.29 is 14.1 Å². The number of hydrogen-bond acceptors (Lipinski definition) is 7. The number of nitrogens with zero attached hydrogens (tertiary/aromatic N) is 4. The number of hydrogen-bond donors (Lipinski definition) is 2. The number of carbonyl (C=O) groups excluding carboxylic acids is 2. The molecule has 2 aromatic carbocycles. The molecule has 0 radical (unpaired) electrons. The average molecular weight is 454 g/mol. The zero-order chi connectivity index (χ0) is 23.8. The second-order valence-electron chi connectivity index (χ2n) is 8.26. The van der Waals surface area contributed by atoms with Crippen molar-refractivity contribution in [3.8, 4) is 17.2 Å². The van der Waals surface area contributed by atoms with E-state index < -0.39 is 0 Å². The van der Waals surface area contributed by atoms with E-state index in [2.05, 4.69) is 26.5 Å². The molecule has 34 heavy (non-hydrogen) atoms. The van der Waals surface area contributed by atoms with Crippen LogP contribution in [0.4, 0.5) is 0 Å². The third-order valence-electron chi connectivity index (χ3n) is 6.05. The second-order valence-corrected chi connectivity index (χ2v) is 8.26. The van der Waals surface area contributed by atoms with Crippen molar-refractivity contribution in [2.24, 2.45) is 0 Å². The van der Waals surface area contributed by atoms with Gasteiger partial charge in [0.25, 0.3) is 5.91 Å². The smallest absolute Gasteiger partial charge is 0.254 e. The number of benzene rings is 2. The van der Waals surface area contributed by atoms with Crippen LogP contribution in [0.1, 0.15) is 43.6 Å². The molecule has 0 bridgehead atoms. The standard InChI is InChI=1S/C25H22N6O3/c1-14-22(15(2)34-30-14)19-11-16(3-4-18(19)13-26)23(32)24-28-20-6-5-17(12-21(20)29-24)25(33)31-9-7-27-8-10-31/h3-6,11-12,27H,7-10H2,1-2H3,(H,28,29). The maximum absolute atomic E-state index is 13.3. The number of H-pyrrole nitrogens is 1. The van der Waals surface area contributed by atoms with E-state index in [1.165, 1.54) is 0 Å². The summed E-state index contributed by atoms with van der Waals surface area (Å²) in [6.45, 7) is 6.43. The van der Waals surface area contributed by atoms with E-state index in [-0.39, 0.29) is 17.5 Å². The first-order chi connectivity index (χ1) is 16.5. The van der Waals surface area contributed by atoms with Gasteiger partial charge in [0, 0.05) is 48.4 Å². The minimum absolute atomic E-state index is 0.0397. The molecule has 0 aliphatic carbocycles. The van der Waals surface area contributed by atoms with Gasteiger partial charge >= 0.3 is 0 Å². The number of rotatable bonds is 4. The lowest BCUT2D eigenvalue weighted by atomic mass is 9.95. The molecule has 0 saturated carbocycles. The van der Waals surface area contributed by atoms with Crippen molar-refractivity contribution >= 4 is 22.7 Å². The molecular formula is C25H22N6O3. The van der Waals surface area contributed by atoms with Crippen molar-refractivity contribution in [3.05, 3.63) is 70.4 Å². The molecule has 1 amide bonds. The molecular weight excluding hydrogens is 432 g/mol. The lowest BCUT2D eigenvalue weighted by Gasteiger charge is -2.27. The molecule has 170 valence electrons. The summed E-state index contributed by atoms with van der Waals surface area (Å²) in [5.74, 6) is 0.381. The van der Waals surface area contributed by atoms with Gasteiger partial charge in [-0.15, -0.1) is 0 Å². The number of carbonyl (C=O) groups is 2. The molecule has 5 rings (SSSR count). The molecule has 0 spiro atoms. The van der Waals surface area contributed by atoms with Gasteiger partial charge in [-0.3, -0.25) is 9.59 Å². The highest BCUT2D eigenvalue weighted by molar-refractivity contribution is 6.09. The summed E-state index contributed by atoms with van der Waals surface area (Å²) in [5.41, 5.74) is 4.50. The first kappa shape index (κ1) is 21.6. The first-order valence-corrected chi connectivity index (χ1v) is 11.0. The van der Waals surface area contributed by atoms with E-state index >= 15 is 0 Å². The molecule has 1 aliphatic heterocycles. The van der Waals surface area contributed by atoms with Crippen LogP contribution in [0.5, 0.6) is 0 Å². The van der Waals surface area contributed by atoms with Crippen molar-refractivity contribution in [1.82, 2.24) is 25.3 Å². The lowest BCUT2D eigenvalue weighted by Crippen LogP contribution is -2.46. The number of aryl methyl sites for hydroxylation is 2. The highest BCUT2D eigenvalue weighted by Gasteiger charge is 2.22. The van der Waals surface area contributed by atoms with Gasteiger partial charge in [0.05, 0.1) is 28.4 Å². The highest BCUT2D eigenvalue weighted by atomic mass is 16.5. The van der Waals surface area contributed by atoms with Gasteiger partial charge in [0.1, 0.15) is 5.76 Å². The van der Waals surface area contributed by atoms with Crippen LogP contribution in [0.3, 0.4) is 0 Å². The van der Waals surface area contributed by atoms with E-state index in [1.807, 2.05) is 4.90 Å². The SMILES string of the molecule is Cc1noc(C)c1-c1cc(C(=O)c2nc3ccc(C(=O)N4CCNCC4)cc3[nH]2)ccc1C#N. The number of aromatic amines is 1. The fraction of sp³-hybridized carbons (Fsp3) is 0.240. The molecule has 0 atom stereocenters. The third kappa shape index (κ3) is 3.74. The zero-order valence-electron chi connectivity index (χ0n) is 18.8. The van der Waals surface area contributed by atoms with Gasteiger partial charge in [-0.2, -0.15) is 5.26 Å². The van der Waals surface area contributed by atoms with Gasteiger partial charge in [-0.05, 0) is 50.2 Å². The van der Waals surface area contributed by atoms with E-state index in [0.717, 1.165) is 13.1 Å². The molecule has 0 unspecified atom stereocenters. The van der Waals surface area contributed by atoms with Crippen LogP contribution >= 0.6 is 0 Å². The largest absolute Gasteiger partial charge is 0.361 e. The van der Waals surface area contributed by atoms with E-state index in [0.29, 0.717) is 63.4 Å². The van der Waals surface area contributed by atoms with E-state index in [1.54, 1.807) is 50.2 Å². The summed E-state index contributed by atoms with van der Waals surface area (Å²) >= 11 is 0. The quantitative estimate of drug-likeness (QED) is 0.454. The Balaban J connectivity index is 1.48. The van der Waals surface area contributed by atoms with Crippen LogP contribution < -0.4 is 5.32 Å². The number of nitrogens with one attached hydrogen (secondary N) is 2. The number of aromatic nitrogens is 3. The molecule has 3 heterocycles. The van der Waals surface area contributed by atoms with Gasteiger partial charge in [0.2, 0.25) is 5.78 Å². The molecule has 2 aromatic heterocycles. The van der Waals surface area contributed by atoms with Crippen LogP contribution in [0, 0.1) is 25.2 Å². The Hall–Kier alpha value is -4.29. The van der Waals surface area contributed by atoms with Crippen LogP contribution in [-0.2, 0) is 0 Å². The summed E-state index contributed by atoms with van der Waals surface area (Å²) in [5, 5.41) is 16.8. The topological polar surface area (TPSA) is 128 Å². The molecule has 1 saturated heterocycles. The first-order valence-electron chi connectivity index (χ1n) is 11.0. The Morgan fingerprint density at radius 1 is 1.09 bits per heavy atom. The Morgan fingerprint density at radius 2 is 1.85 bits per heavy atom. The summed E-state index contributed by atoms with van der Waals surface area (Å²) in [6, 6.07) is 12.3. The van der Waals surface area contributed by atoms with E-state index in [4.69, 9.17) is 4.52 Å². The zero-order valence-corrected chi connectivity index (χ0v) is 18.8. The molecule has 1 fully saturated rings. The summed E-state index contributed by atoms with van der Waals surface area (Å²) in [7, 11) is 0. The fourth-order valence-electron chi connectivity index (χ4n) is 4.29. The summed E-state index contributed by atoms with van der Waals surface area (Å²) in [6.07, 6.45) is 0. The number of imidazole rings is 1. The van der Waals surface area contributed by atoms with Crippen molar-refractivity contribution in [1.29, 1.82) is 5.26 Å². The van der Waals surface area contributed by atoms with Crippen LogP contribution in [0.25, 0.3) is 22.2 Å². The van der Waals surface area contributed by atoms with Crippen molar-refractivity contribution in [2.45, 2.75) is 13.8 Å². The Bertz CT molecular complexity index is 1450. The average Bonchev–Trinajstić information content (AvgIpc) is 3.45.